The van der Waals surface area contributed by atoms with Gasteiger partial charge in [-0.25, -0.2) is 0 Å². The van der Waals surface area contributed by atoms with E-state index in [0.717, 1.165) is 18.4 Å². The second-order valence-corrected chi connectivity index (χ2v) is 5.23. The molecule has 0 heterocycles. The molecule has 0 atom stereocenters. The summed E-state index contributed by atoms with van der Waals surface area (Å²) in [6, 6.07) is 7.09. The van der Waals surface area contributed by atoms with E-state index < -0.39 is 5.97 Å². The Morgan fingerprint density at radius 3 is 2.22 bits per heavy atom. The predicted molar refractivity (Wildman–Crippen MR) is 87.9 cm³/mol. The Bertz CT molecular complexity index is 536. The monoisotopic (exact) mass is 320 g/mol. The molecule has 0 radical (unpaired) electrons. The molecule has 126 valence electrons. The number of carbonyl (C=O) groups is 3. The summed E-state index contributed by atoms with van der Waals surface area (Å²) in [7, 11) is 1.27. The molecule has 0 aliphatic carbocycles. The fraction of sp³-hybridized carbons (Fsp3) is 0.471. The minimum Gasteiger partial charge on any atom is -0.468 e. The van der Waals surface area contributed by atoms with Crippen LogP contribution in [0.5, 0.6) is 0 Å². The van der Waals surface area contributed by atoms with Gasteiger partial charge in [0.2, 0.25) is 11.8 Å². The fourth-order valence-corrected chi connectivity index (χ4v) is 2.10. The Hall–Kier alpha value is -2.37. The molecule has 2 amide bonds. The van der Waals surface area contributed by atoms with E-state index in [1.807, 2.05) is 13.8 Å². The molecule has 0 unspecified atom stereocenters. The SMILES string of the molecule is CCC(CC)C(=O)Nc1ccc(CC(=O)NCC(=O)OC)cc1. The van der Waals surface area contributed by atoms with Gasteiger partial charge in [-0.2, -0.15) is 0 Å². The van der Waals surface area contributed by atoms with Crippen molar-refractivity contribution in [3.63, 3.8) is 0 Å². The van der Waals surface area contributed by atoms with Gasteiger partial charge in [-0.15, -0.1) is 0 Å². The van der Waals surface area contributed by atoms with Crippen molar-refractivity contribution < 1.29 is 19.1 Å². The van der Waals surface area contributed by atoms with Crippen LogP contribution in [0.3, 0.4) is 0 Å². The Morgan fingerprint density at radius 1 is 1.09 bits per heavy atom. The number of amides is 2. The highest BCUT2D eigenvalue weighted by atomic mass is 16.5. The van der Waals surface area contributed by atoms with Gasteiger partial charge in [0.1, 0.15) is 6.54 Å². The second-order valence-electron chi connectivity index (χ2n) is 5.23. The first-order chi connectivity index (χ1) is 11.0. The van der Waals surface area contributed by atoms with Gasteiger partial charge < -0.3 is 15.4 Å². The van der Waals surface area contributed by atoms with Gasteiger partial charge in [0.25, 0.3) is 0 Å². The first-order valence-corrected chi connectivity index (χ1v) is 7.73. The standard InChI is InChI=1S/C17H24N2O4/c1-4-13(5-2)17(22)19-14-8-6-12(7-9-14)10-15(20)18-11-16(21)23-3/h6-9,13H,4-5,10-11H2,1-3H3,(H,18,20)(H,19,22). The molecule has 0 spiro atoms. The van der Waals surface area contributed by atoms with Gasteiger partial charge in [-0.05, 0) is 30.5 Å². The molecule has 23 heavy (non-hydrogen) atoms. The number of nitrogens with one attached hydrogen (secondary N) is 2. The second kappa shape index (κ2) is 9.61. The molecular formula is C17H24N2O4. The molecule has 2 N–H and O–H groups in total. The Balaban J connectivity index is 2.51. The lowest BCUT2D eigenvalue weighted by Gasteiger charge is -2.13. The zero-order chi connectivity index (χ0) is 17.2. The summed E-state index contributed by atoms with van der Waals surface area (Å²) in [5, 5.41) is 5.35. The number of methoxy groups -OCH3 is 1. The molecule has 0 aromatic heterocycles. The molecule has 0 saturated heterocycles. The number of hydrogen-bond acceptors (Lipinski definition) is 4. The number of rotatable bonds is 8. The fourth-order valence-electron chi connectivity index (χ4n) is 2.10. The molecule has 6 heteroatoms. The van der Waals surface area contributed by atoms with Crippen molar-refractivity contribution in [3.8, 4) is 0 Å². The largest absolute Gasteiger partial charge is 0.468 e. The van der Waals surface area contributed by atoms with Crippen LogP contribution < -0.4 is 10.6 Å². The van der Waals surface area contributed by atoms with Crippen molar-refractivity contribution in [2.75, 3.05) is 19.0 Å². The summed E-state index contributed by atoms with van der Waals surface area (Å²) < 4.78 is 4.45. The number of benzene rings is 1. The molecule has 0 fully saturated rings. The van der Waals surface area contributed by atoms with E-state index in [0.29, 0.717) is 5.69 Å². The van der Waals surface area contributed by atoms with Crippen molar-refractivity contribution in [2.24, 2.45) is 5.92 Å². The third kappa shape index (κ3) is 6.50. The first kappa shape index (κ1) is 18.7. The zero-order valence-corrected chi connectivity index (χ0v) is 13.8. The topological polar surface area (TPSA) is 84.5 Å². The van der Waals surface area contributed by atoms with Gasteiger partial charge in [-0.1, -0.05) is 26.0 Å². The van der Waals surface area contributed by atoms with Crippen LogP contribution in [0, 0.1) is 5.92 Å². The van der Waals surface area contributed by atoms with Crippen molar-refractivity contribution in [1.29, 1.82) is 0 Å². The van der Waals surface area contributed by atoms with Crippen LogP contribution in [0.25, 0.3) is 0 Å². The number of hydrogen-bond donors (Lipinski definition) is 2. The lowest BCUT2D eigenvalue weighted by Crippen LogP contribution is -2.31. The highest BCUT2D eigenvalue weighted by Crippen LogP contribution is 2.14. The van der Waals surface area contributed by atoms with Crippen LogP contribution in [-0.4, -0.2) is 31.4 Å². The van der Waals surface area contributed by atoms with Crippen LogP contribution in [-0.2, 0) is 25.5 Å². The Labute approximate surface area is 136 Å². The lowest BCUT2D eigenvalue weighted by molar-refractivity contribution is -0.141. The van der Waals surface area contributed by atoms with Gasteiger partial charge in [0.05, 0.1) is 13.5 Å². The van der Waals surface area contributed by atoms with E-state index >= 15 is 0 Å². The van der Waals surface area contributed by atoms with Crippen LogP contribution in [0.2, 0.25) is 0 Å². The molecular weight excluding hydrogens is 296 g/mol. The maximum atomic E-state index is 12.0. The molecule has 1 rings (SSSR count). The van der Waals surface area contributed by atoms with E-state index in [9.17, 15) is 14.4 Å². The van der Waals surface area contributed by atoms with Gasteiger partial charge >= 0.3 is 5.97 Å². The highest BCUT2D eigenvalue weighted by Gasteiger charge is 2.14. The van der Waals surface area contributed by atoms with Crippen molar-refractivity contribution in [2.45, 2.75) is 33.1 Å². The van der Waals surface area contributed by atoms with Crippen molar-refractivity contribution >= 4 is 23.5 Å². The first-order valence-electron chi connectivity index (χ1n) is 7.73. The number of anilines is 1. The third-order valence-corrected chi connectivity index (χ3v) is 3.60. The molecule has 1 aromatic rings. The van der Waals surface area contributed by atoms with E-state index in [4.69, 9.17) is 0 Å². The van der Waals surface area contributed by atoms with Gasteiger partial charge in [-0.3, -0.25) is 14.4 Å². The Kier molecular flexibility index (Phi) is 7.80. The van der Waals surface area contributed by atoms with Crippen LogP contribution >= 0.6 is 0 Å². The summed E-state index contributed by atoms with van der Waals surface area (Å²) in [4.78, 5) is 34.6. The minimum absolute atomic E-state index is 0.0126. The van der Waals surface area contributed by atoms with Crippen molar-refractivity contribution in [3.05, 3.63) is 29.8 Å². The van der Waals surface area contributed by atoms with E-state index in [-0.39, 0.29) is 30.7 Å². The Morgan fingerprint density at radius 2 is 1.70 bits per heavy atom. The summed E-state index contributed by atoms with van der Waals surface area (Å²) in [6.07, 6.45) is 1.78. The quantitative estimate of drug-likeness (QED) is 0.716. The highest BCUT2D eigenvalue weighted by molar-refractivity contribution is 5.92. The smallest absolute Gasteiger partial charge is 0.325 e. The van der Waals surface area contributed by atoms with Crippen molar-refractivity contribution in [1.82, 2.24) is 5.32 Å². The normalized spacial score (nSPS) is 10.3. The molecule has 6 nitrogen and oxygen atoms in total. The summed E-state index contributed by atoms with van der Waals surface area (Å²) >= 11 is 0. The van der Waals surface area contributed by atoms with E-state index in [1.54, 1.807) is 24.3 Å². The number of ether oxygens (including phenoxy) is 1. The maximum absolute atomic E-state index is 12.0. The zero-order valence-electron chi connectivity index (χ0n) is 13.8. The average molecular weight is 320 g/mol. The summed E-state index contributed by atoms with van der Waals surface area (Å²) in [6.45, 7) is 3.84. The summed E-state index contributed by atoms with van der Waals surface area (Å²) in [5.74, 6) is -0.723. The van der Waals surface area contributed by atoms with E-state index in [2.05, 4.69) is 15.4 Å². The van der Waals surface area contributed by atoms with Crippen LogP contribution in [0.4, 0.5) is 5.69 Å². The summed E-state index contributed by atoms with van der Waals surface area (Å²) in [5.41, 5.74) is 1.51. The maximum Gasteiger partial charge on any atom is 0.325 e. The minimum atomic E-state index is -0.488. The number of esters is 1. The lowest BCUT2D eigenvalue weighted by atomic mass is 10.0. The predicted octanol–water partition coefficient (Wildman–Crippen LogP) is 1.89. The molecule has 0 bridgehead atoms. The molecule has 1 aromatic carbocycles. The molecule has 0 aliphatic heterocycles. The van der Waals surface area contributed by atoms with Gasteiger partial charge in [0.15, 0.2) is 0 Å². The van der Waals surface area contributed by atoms with Crippen LogP contribution in [0.15, 0.2) is 24.3 Å². The molecule has 0 aliphatic rings. The van der Waals surface area contributed by atoms with Crippen LogP contribution in [0.1, 0.15) is 32.3 Å². The molecule has 0 saturated carbocycles. The number of carbonyl (C=O) groups excluding carboxylic acids is 3. The average Bonchev–Trinajstić information content (AvgIpc) is 2.55. The third-order valence-electron chi connectivity index (χ3n) is 3.60. The van der Waals surface area contributed by atoms with E-state index in [1.165, 1.54) is 7.11 Å². The van der Waals surface area contributed by atoms with Gasteiger partial charge in [0, 0.05) is 11.6 Å².